The van der Waals surface area contributed by atoms with Crippen molar-refractivity contribution in [1.29, 1.82) is 0 Å². The van der Waals surface area contributed by atoms with Crippen molar-refractivity contribution in [3.8, 4) is 0 Å². The van der Waals surface area contributed by atoms with Crippen molar-refractivity contribution in [2.75, 3.05) is 20.2 Å². The number of hydrogen-bond donors (Lipinski definition) is 1. The highest BCUT2D eigenvalue weighted by atomic mass is 35.5. The van der Waals surface area contributed by atoms with Gasteiger partial charge < -0.3 is 19.3 Å². The standard InChI is InChI=1S/C17H25BClNO4/c1-16(2)17(3,4)24-18(23-16)12-7-8-14(19)13(11-12)15(22)20(5)9-6-10-21/h7-8,11,21H,6,9-10H2,1-5H3. The number of amides is 1. The molecule has 24 heavy (non-hydrogen) atoms. The quantitative estimate of drug-likeness (QED) is 0.824. The van der Waals surface area contributed by atoms with E-state index in [2.05, 4.69) is 0 Å². The maximum atomic E-state index is 12.6. The molecule has 1 aliphatic rings. The van der Waals surface area contributed by atoms with E-state index in [4.69, 9.17) is 26.0 Å². The fourth-order valence-corrected chi connectivity index (χ4v) is 2.65. The maximum Gasteiger partial charge on any atom is 0.494 e. The van der Waals surface area contributed by atoms with Crippen LogP contribution in [0.3, 0.4) is 0 Å². The molecule has 0 unspecified atom stereocenters. The van der Waals surface area contributed by atoms with Crippen LogP contribution in [0.5, 0.6) is 0 Å². The molecule has 1 aliphatic heterocycles. The highest BCUT2D eigenvalue weighted by Gasteiger charge is 2.51. The number of rotatable bonds is 5. The van der Waals surface area contributed by atoms with E-state index < -0.39 is 18.3 Å². The van der Waals surface area contributed by atoms with Crippen LogP contribution in [-0.4, -0.2) is 54.4 Å². The summed E-state index contributed by atoms with van der Waals surface area (Å²) in [6, 6.07) is 5.23. The molecule has 0 aliphatic carbocycles. The Morgan fingerprint density at radius 2 is 1.83 bits per heavy atom. The van der Waals surface area contributed by atoms with Crippen molar-refractivity contribution in [3.63, 3.8) is 0 Å². The number of halogens is 1. The summed E-state index contributed by atoms with van der Waals surface area (Å²) in [5.41, 5.74) is 0.278. The van der Waals surface area contributed by atoms with Crippen LogP contribution in [0.25, 0.3) is 0 Å². The summed E-state index contributed by atoms with van der Waals surface area (Å²) >= 11 is 6.21. The molecule has 1 aromatic rings. The smallest absolute Gasteiger partial charge is 0.399 e. The summed E-state index contributed by atoms with van der Waals surface area (Å²) < 4.78 is 12.1. The van der Waals surface area contributed by atoms with Crippen LogP contribution in [-0.2, 0) is 9.31 Å². The van der Waals surface area contributed by atoms with E-state index in [1.54, 1.807) is 24.1 Å². The fourth-order valence-electron chi connectivity index (χ4n) is 2.45. The van der Waals surface area contributed by atoms with Crippen LogP contribution in [0.4, 0.5) is 0 Å². The van der Waals surface area contributed by atoms with Gasteiger partial charge in [0.05, 0.1) is 21.8 Å². The summed E-state index contributed by atoms with van der Waals surface area (Å²) in [6.07, 6.45) is 0.525. The third kappa shape index (κ3) is 3.77. The minimum atomic E-state index is -0.540. The first kappa shape index (κ1) is 19.3. The van der Waals surface area contributed by atoms with Gasteiger partial charge in [0.2, 0.25) is 0 Å². The lowest BCUT2D eigenvalue weighted by molar-refractivity contribution is 0.00578. The number of aliphatic hydroxyl groups excluding tert-OH is 1. The average Bonchev–Trinajstić information content (AvgIpc) is 2.72. The first-order chi connectivity index (χ1) is 11.1. The van der Waals surface area contributed by atoms with Gasteiger partial charge in [-0.25, -0.2) is 0 Å². The Morgan fingerprint density at radius 1 is 1.25 bits per heavy atom. The Morgan fingerprint density at radius 3 is 2.38 bits per heavy atom. The van der Waals surface area contributed by atoms with Crippen molar-refractivity contribution in [3.05, 3.63) is 28.8 Å². The van der Waals surface area contributed by atoms with Crippen LogP contribution in [0.2, 0.25) is 5.02 Å². The summed E-state index contributed by atoms with van der Waals surface area (Å²) in [4.78, 5) is 14.1. The molecule has 0 atom stereocenters. The minimum Gasteiger partial charge on any atom is -0.399 e. The minimum absolute atomic E-state index is 0.0410. The largest absolute Gasteiger partial charge is 0.494 e. The molecule has 1 aromatic carbocycles. The fraction of sp³-hybridized carbons (Fsp3) is 0.588. The lowest BCUT2D eigenvalue weighted by Crippen LogP contribution is -2.41. The van der Waals surface area contributed by atoms with Gasteiger partial charge in [-0.15, -0.1) is 0 Å². The normalized spacial score (nSPS) is 18.7. The zero-order valence-corrected chi connectivity index (χ0v) is 15.7. The molecule has 1 saturated heterocycles. The van der Waals surface area contributed by atoms with Gasteiger partial charge in [-0.2, -0.15) is 0 Å². The molecule has 1 N–H and O–H groups in total. The van der Waals surface area contributed by atoms with E-state index in [0.717, 1.165) is 5.46 Å². The molecule has 0 bridgehead atoms. The number of nitrogens with zero attached hydrogens (tertiary/aromatic N) is 1. The van der Waals surface area contributed by atoms with Crippen molar-refractivity contribution in [2.45, 2.75) is 45.3 Å². The number of carbonyl (C=O) groups is 1. The number of benzene rings is 1. The van der Waals surface area contributed by atoms with E-state index in [-0.39, 0.29) is 12.5 Å². The molecule has 7 heteroatoms. The van der Waals surface area contributed by atoms with Crippen molar-refractivity contribution in [2.24, 2.45) is 0 Å². The summed E-state index contributed by atoms with van der Waals surface area (Å²) in [7, 11) is 1.15. The molecule has 2 rings (SSSR count). The van der Waals surface area contributed by atoms with E-state index in [1.165, 1.54) is 0 Å². The van der Waals surface area contributed by atoms with Crippen LogP contribution >= 0.6 is 11.6 Å². The Kier molecular flexibility index (Phi) is 5.65. The SMILES string of the molecule is CN(CCCO)C(=O)c1cc(B2OC(C)(C)C(C)(C)O2)ccc1Cl. The van der Waals surface area contributed by atoms with Crippen LogP contribution in [0, 0.1) is 0 Å². The third-order valence-corrected chi connectivity index (χ3v) is 5.07. The molecule has 0 aromatic heterocycles. The average molecular weight is 354 g/mol. The first-order valence-electron chi connectivity index (χ1n) is 8.10. The van der Waals surface area contributed by atoms with Gasteiger partial charge in [-0.1, -0.05) is 17.7 Å². The molecular weight excluding hydrogens is 328 g/mol. The Bertz CT molecular complexity index is 605. The van der Waals surface area contributed by atoms with Crippen LogP contribution < -0.4 is 5.46 Å². The second-order valence-electron chi connectivity index (χ2n) is 7.13. The summed E-state index contributed by atoms with van der Waals surface area (Å²) in [5, 5.41) is 9.30. The van der Waals surface area contributed by atoms with Crippen LogP contribution in [0.15, 0.2) is 18.2 Å². The zero-order valence-electron chi connectivity index (χ0n) is 14.9. The van der Waals surface area contributed by atoms with Gasteiger partial charge in [0.25, 0.3) is 5.91 Å². The molecule has 0 saturated carbocycles. The van der Waals surface area contributed by atoms with E-state index in [9.17, 15) is 4.79 Å². The Labute approximate surface area is 149 Å². The first-order valence-corrected chi connectivity index (χ1v) is 8.48. The monoisotopic (exact) mass is 353 g/mol. The molecule has 132 valence electrons. The summed E-state index contributed by atoms with van der Waals surface area (Å²) in [6.45, 7) is 8.44. The van der Waals surface area contributed by atoms with Crippen molar-refractivity contribution in [1.82, 2.24) is 4.90 Å². The van der Waals surface area contributed by atoms with Crippen molar-refractivity contribution < 1.29 is 19.2 Å². The highest BCUT2D eigenvalue weighted by Crippen LogP contribution is 2.36. The second-order valence-corrected chi connectivity index (χ2v) is 7.54. The maximum absolute atomic E-state index is 12.6. The van der Waals surface area contributed by atoms with E-state index in [0.29, 0.717) is 23.6 Å². The Hall–Kier alpha value is -1.08. The van der Waals surface area contributed by atoms with Crippen molar-refractivity contribution >= 4 is 30.1 Å². The molecule has 0 radical (unpaired) electrons. The molecular formula is C17H25BClNO4. The van der Waals surface area contributed by atoms with Gasteiger partial charge in [0.15, 0.2) is 0 Å². The lowest BCUT2D eigenvalue weighted by Gasteiger charge is -2.32. The number of aliphatic hydroxyl groups is 1. The van der Waals surface area contributed by atoms with Gasteiger partial charge >= 0.3 is 7.12 Å². The van der Waals surface area contributed by atoms with Gasteiger partial charge in [0, 0.05) is 20.2 Å². The molecule has 1 heterocycles. The molecule has 1 fully saturated rings. The van der Waals surface area contributed by atoms with E-state index >= 15 is 0 Å². The van der Waals surface area contributed by atoms with Gasteiger partial charge in [-0.3, -0.25) is 4.79 Å². The molecule has 5 nitrogen and oxygen atoms in total. The second kappa shape index (κ2) is 7.04. The lowest BCUT2D eigenvalue weighted by atomic mass is 9.78. The van der Waals surface area contributed by atoms with Crippen LogP contribution in [0.1, 0.15) is 44.5 Å². The number of carbonyl (C=O) groups excluding carboxylic acids is 1. The summed E-state index contributed by atoms with van der Waals surface area (Å²) in [5.74, 6) is -0.188. The molecule has 1 amide bonds. The highest BCUT2D eigenvalue weighted by molar-refractivity contribution is 6.62. The Balaban J connectivity index is 2.25. The van der Waals surface area contributed by atoms with Gasteiger partial charge in [0.1, 0.15) is 0 Å². The van der Waals surface area contributed by atoms with E-state index in [1.807, 2.05) is 33.8 Å². The number of hydrogen-bond acceptors (Lipinski definition) is 4. The third-order valence-electron chi connectivity index (χ3n) is 4.74. The topological polar surface area (TPSA) is 59.0 Å². The zero-order chi connectivity index (χ0) is 18.1. The predicted molar refractivity (Wildman–Crippen MR) is 95.8 cm³/mol. The molecule has 0 spiro atoms. The predicted octanol–water partition coefficient (Wildman–Crippen LogP) is 2.09. The van der Waals surface area contributed by atoms with Gasteiger partial charge in [-0.05, 0) is 51.7 Å².